The third kappa shape index (κ3) is 2.80. The standard InChI is InChI=1S/C15H15FN2O3/c16-11-1-3-12(4-2-11)18-9-13(15(19)20)14(17-18)10-5-7-21-8-6-10/h1-4,9-10H,5-8H2,(H,19,20). The van der Waals surface area contributed by atoms with Crippen LogP contribution < -0.4 is 0 Å². The lowest BCUT2D eigenvalue weighted by atomic mass is 9.94. The summed E-state index contributed by atoms with van der Waals surface area (Å²) in [5, 5.41) is 13.8. The van der Waals surface area contributed by atoms with Crippen LogP contribution in [-0.2, 0) is 4.74 Å². The van der Waals surface area contributed by atoms with E-state index >= 15 is 0 Å². The minimum atomic E-state index is -0.996. The highest BCUT2D eigenvalue weighted by Crippen LogP contribution is 2.29. The van der Waals surface area contributed by atoms with Gasteiger partial charge in [-0.05, 0) is 37.1 Å². The van der Waals surface area contributed by atoms with E-state index in [0.29, 0.717) is 24.6 Å². The van der Waals surface area contributed by atoms with Crippen LogP contribution in [0.15, 0.2) is 30.5 Å². The summed E-state index contributed by atoms with van der Waals surface area (Å²) in [6, 6.07) is 5.79. The zero-order chi connectivity index (χ0) is 14.8. The van der Waals surface area contributed by atoms with Gasteiger partial charge in [-0.3, -0.25) is 0 Å². The van der Waals surface area contributed by atoms with Crippen LogP contribution in [0.4, 0.5) is 4.39 Å². The number of nitrogens with zero attached hydrogens (tertiary/aromatic N) is 2. The van der Waals surface area contributed by atoms with E-state index in [-0.39, 0.29) is 17.3 Å². The molecular formula is C15H15FN2O3. The van der Waals surface area contributed by atoms with Gasteiger partial charge >= 0.3 is 5.97 Å². The van der Waals surface area contributed by atoms with Gasteiger partial charge in [0.15, 0.2) is 0 Å². The zero-order valence-electron chi connectivity index (χ0n) is 11.3. The van der Waals surface area contributed by atoms with E-state index in [1.54, 1.807) is 12.1 Å². The van der Waals surface area contributed by atoms with Crippen LogP contribution in [0.25, 0.3) is 5.69 Å². The first-order valence-electron chi connectivity index (χ1n) is 6.81. The Balaban J connectivity index is 1.99. The van der Waals surface area contributed by atoms with Gasteiger partial charge in [0, 0.05) is 25.3 Å². The van der Waals surface area contributed by atoms with Crippen LogP contribution in [0, 0.1) is 5.82 Å². The van der Waals surface area contributed by atoms with E-state index in [1.807, 2.05) is 0 Å². The van der Waals surface area contributed by atoms with Gasteiger partial charge < -0.3 is 9.84 Å². The van der Waals surface area contributed by atoms with Gasteiger partial charge in [0.1, 0.15) is 11.4 Å². The van der Waals surface area contributed by atoms with Crippen LogP contribution in [0.2, 0.25) is 0 Å². The third-order valence-electron chi connectivity index (χ3n) is 3.67. The molecular weight excluding hydrogens is 275 g/mol. The Morgan fingerprint density at radius 1 is 1.29 bits per heavy atom. The maximum Gasteiger partial charge on any atom is 0.339 e. The molecule has 0 unspecified atom stereocenters. The highest BCUT2D eigenvalue weighted by molar-refractivity contribution is 5.89. The lowest BCUT2D eigenvalue weighted by Crippen LogP contribution is -2.16. The molecule has 0 atom stereocenters. The van der Waals surface area contributed by atoms with Gasteiger partial charge in [-0.15, -0.1) is 0 Å². The second-order valence-corrected chi connectivity index (χ2v) is 5.04. The molecule has 1 aromatic carbocycles. The molecule has 5 nitrogen and oxygen atoms in total. The molecule has 6 heteroatoms. The predicted octanol–water partition coefficient (Wildman–Crippen LogP) is 2.60. The lowest BCUT2D eigenvalue weighted by Gasteiger charge is -2.20. The second-order valence-electron chi connectivity index (χ2n) is 5.04. The Labute approximate surface area is 121 Å². The topological polar surface area (TPSA) is 64.3 Å². The van der Waals surface area contributed by atoms with Crippen molar-refractivity contribution in [2.45, 2.75) is 18.8 Å². The fourth-order valence-electron chi connectivity index (χ4n) is 2.55. The van der Waals surface area contributed by atoms with Crippen molar-refractivity contribution in [3.63, 3.8) is 0 Å². The van der Waals surface area contributed by atoms with Crippen LogP contribution in [0.5, 0.6) is 0 Å². The van der Waals surface area contributed by atoms with Gasteiger partial charge in [0.25, 0.3) is 0 Å². The molecule has 1 aromatic heterocycles. The third-order valence-corrected chi connectivity index (χ3v) is 3.67. The molecule has 3 rings (SSSR count). The average Bonchev–Trinajstić information content (AvgIpc) is 2.94. The minimum absolute atomic E-state index is 0.0894. The number of carboxylic acid groups (broad SMARTS) is 1. The van der Waals surface area contributed by atoms with Crippen LogP contribution >= 0.6 is 0 Å². The van der Waals surface area contributed by atoms with Crippen LogP contribution in [0.3, 0.4) is 0 Å². The molecule has 0 aliphatic carbocycles. The molecule has 1 N–H and O–H groups in total. The summed E-state index contributed by atoms with van der Waals surface area (Å²) in [7, 11) is 0. The van der Waals surface area contributed by atoms with E-state index < -0.39 is 5.97 Å². The monoisotopic (exact) mass is 290 g/mol. The Morgan fingerprint density at radius 2 is 1.95 bits per heavy atom. The Morgan fingerprint density at radius 3 is 2.57 bits per heavy atom. The minimum Gasteiger partial charge on any atom is -0.478 e. The smallest absolute Gasteiger partial charge is 0.339 e. The molecule has 0 bridgehead atoms. The summed E-state index contributed by atoms with van der Waals surface area (Å²) >= 11 is 0. The second kappa shape index (κ2) is 5.65. The van der Waals surface area contributed by atoms with Crippen molar-refractivity contribution in [3.05, 3.63) is 47.5 Å². The van der Waals surface area contributed by atoms with Crippen molar-refractivity contribution in [1.82, 2.24) is 9.78 Å². The molecule has 1 aliphatic heterocycles. The van der Waals surface area contributed by atoms with Gasteiger partial charge in [-0.25, -0.2) is 13.9 Å². The quantitative estimate of drug-likeness (QED) is 0.943. The van der Waals surface area contributed by atoms with Crippen molar-refractivity contribution in [2.24, 2.45) is 0 Å². The van der Waals surface area contributed by atoms with Crippen LogP contribution in [-0.4, -0.2) is 34.1 Å². The summed E-state index contributed by atoms with van der Waals surface area (Å²) < 4.78 is 19.8. The zero-order valence-corrected chi connectivity index (χ0v) is 11.3. The van der Waals surface area contributed by atoms with Crippen molar-refractivity contribution in [1.29, 1.82) is 0 Å². The first-order valence-corrected chi connectivity index (χ1v) is 6.81. The largest absolute Gasteiger partial charge is 0.478 e. The molecule has 1 aliphatic rings. The maximum atomic E-state index is 13.0. The maximum absolute atomic E-state index is 13.0. The summed E-state index contributed by atoms with van der Waals surface area (Å²) in [6.45, 7) is 1.24. The summed E-state index contributed by atoms with van der Waals surface area (Å²) in [6.07, 6.45) is 3.02. The number of hydrogen-bond acceptors (Lipinski definition) is 3. The molecule has 0 radical (unpaired) electrons. The van der Waals surface area contributed by atoms with Gasteiger partial charge in [0.2, 0.25) is 0 Å². The van der Waals surface area contributed by atoms with E-state index in [2.05, 4.69) is 5.10 Å². The molecule has 2 aromatic rings. The van der Waals surface area contributed by atoms with Crippen molar-refractivity contribution >= 4 is 5.97 Å². The highest BCUT2D eigenvalue weighted by atomic mass is 19.1. The van der Waals surface area contributed by atoms with Crippen molar-refractivity contribution < 1.29 is 19.0 Å². The summed E-state index contributed by atoms with van der Waals surface area (Å²) in [4.78, 5) is 11.4. The molecule has 1 saturated heterocycles. The molecule has 0 amide bonds. The van der Waals surface area contributed by atoms with E-state index in [1.165, 1.54) is 23.0 Å². The lowest BCUT2D eigenvalue weighted by molar-refractivity contribution is 0.0684. The normalized spacial score (nSPS) is 16.0. The number of carboxylic acids is 1. The Hall–Kier alpha value is -2.21. The molecule has 2 heterocycles. The number of rotatable bonds is 3. The number of halogens is 1. The number of ether oxygens (including phenoxy) is 1. The number of hydrogen-bond donors (Lipinski definition) is 1. The van der Waals surface area contributed by atoms with Gasteiger partial charge in [-0.1, -0.05) is 0 Å². The van der Waals surface area contributed by atoms with Crippen molar-refractivity contribution in [3.8, 4) is 5.69 Å². The van der Waals surface area contributed by atoms with Crippen molar-refractivity contribution in [2.75, 3.05) is 13.2 Å². The van der Waals surface area contributed by atoms with E-state index in [9.17, 15) is 14.3 Å². The SMILES string of the molecule is O=C(O)c1cn(-c2ccc(F)cc2)nc1C1CCOCC1. The number of carbonyl (C=O) groups is 1. The molecule has 0 spiro atoms. The molecule has 0 saturated carbocycles. The molecule has 21 heavy (non-hydrogen) atoms. The highest BCUT2D eigenvalue weighted by Gasteiger charge is 2.25. The number of aromatic carboxylic acids is 1. The fraction of sp³-hybridized carbons (Fsp3) is 0.333. The van der Waals surface area contributed by atoms with E-state index in [0.717, 1.165) is 12.8 Å². The number of aromatic nitrogens is 2. The van der Waals surface area contributed by atoms with Gasteiger partial charge in [0.05, 0.1) is 11.4 Å². The molecule has 110 valence electrons. The number of benzene rings is 1. The average molecular weight is 290 g/mol. The molecule has 1 fully saturated rings. The van der Waals surface area contributed by atoms with E-state index in [4.69, 9.17) is 4.74 Å². The first kappa shape index (κ1) is 13.8. The Kier molecular flexibility index (Phi) is 3.70. The fourth-order valence-corrected chi connectivity index (χ4v) is 2.55. The summed E-state index contributed by atoms with van der Waals surface area (Å²) in [5.41, 5.74) is 1.42. The van der Waals surface area contributed by atoms with Gasteiger partial charge in [-0.2, -0.15) is 5.10 Å². The Bertz CT molecular complexity index is 645. The van der Waals surface area contributed by atoms with Crippen LogP contribution in [0.1, 0.15) is 34.8 Å². The first-order chi connectivity index (χ1) is 10.1. The summed E-state index contributed by atoms with van der Waals surface area (Å²) in [5.74, 6) is -1.24. The predicted molar refractivity (Wildman–Crippen MR) is 73.3 cm³/mol.